The maximum absolute atomic E-state index is 13.0. The number of anilines is 1. The van der Waals surface area contributed by atoms with Crippen LogP contribution in [0.2, 0.25) is 0 Å². The van der Waals surface area contributed by atoms with Gasteiger partial charge in [0, 0.05) is 31.3 Å². The van der Waals surface area contributed by atoms with Crippen LogP contribution in [0.4, 0.5) is 18.9 Å². The highest BCUT2D eigenvalue weighted by atomic mass is 19.2. The molecular weight excluding hydrogens is 293 g/mol. The van der Waals surface area contributed by atoms with E-state index in [-0.39, 0.29) is 23.8 Å². The molecule has 6 heteroatoms. The molecule has 0 aliphatic rings. The van der Waals surface area contributed by atoms with Gasteiger partial charge in [0.25, 0.3) is 0 Å². The molecular formula is C16H15F3N2O. The van der Waals surface area contributed by atoms with E-state index < -0.39 is 11.6 Å². The molecule has 2 rings (SSSR count). The van der Waals surface area contributed by atoms with E-state index in [2.05, 4.69) is 10.6 Å². The summed E-state index contributed by atoms with van der Waals surface area (Å²) in [6, 6.07) is 9.23. The van der Waals surface area contributed by atoms with Crippen LogP contribution < -0.4 is 10.6 Å². The predicted molar refractivity (Wildman–Crippen MR) is 77.7 cm³/mol. The van der Waals surface area contributed by atoms with Gasteiger partial charge in [0.1, 0.15) is 5.82 Å². The summed E-state index contributed by atoms with van der Waals surface area (Å²) in [5.74, 6) is -2.57. The van der Waals surface area contributed by atoms with E-state index in [9.17, 15) is 18.0 Å². The Balaban J connectivity index is 1.71. The molecule has 1 amide bonds. The number of carbonyl (C=O) groups excluding carboxylic acids is 1. The molecule has 0 radical (unpaired) electrons. The van der Waals surface area contributed by atoms with Gasteiger partial charge in [0.05, 0.1) is 0 Å². The van der Waals surface area contributed by atoms with Crippen molar-refractivity contribution in [2.75, 3.05) is 11.9 Å². The van der Waals surface area contributed by atoms with E-state index in [1.807, 2.05) is 0 Å². The Morgan fingerprint density at radius 1 is 0.955 bits per heavy atom. The van der Waals surface area contributed by atoms with Gasteiger partial charge in [-0.1, -0.05) is 12.1 Å². The van der Waals surface area contributed by atoms with Crippen LogP contribution >= 0.6 is 0 Å². The van der Waals surface area contributed by atoms with Crippen molar-refractivity contribution >= 4 is 11.6 Å². The van der Waals surface area contributed by atoms with Crippen LogP contribution in [0.1, 0.15) is 12.0 Å². The van der Waals surface area contributed by atoms with Gasteiger partial charge in [-0.3, -0.25) is 4.79 Å². The third kappa shape index (κ3) is 4.89. The monoisotopic (exact) mass is 308 g/mol. The molecule has 22 heavy (non-hydrogen) atoms. The molecule has 0 fully saturated rings. The fourth-order valence-corrected chi connectivity index (χ4v) is 1.83. The van der Waals surface area contributed by atoms with Crippen LogP contribution in [0.5, 0.6) is 0 Å². The van der Waals surface area contributed by atoms with Crippen LogP contribution in [0.3, 0.4) is 0 Å². The molecule has 0 atom stereocenters. The molecule has 3 nitrogen and oxygen atoms in total. The lowest BCUT2D eigenvalue weighted by Crippen LogP contribution is -2.21. The van der Waals surface area contributed by atoms with Crippen LogP contribution in [-0.4, -0.2) is 12.5 Å². The molecule has 0 saturated heterocycles. The smallest absolute Gasteiger partial charge is 0.225 e. The number of hydrogen-bond acceptors (Lipinski definition) is 2. The molecule has 0 spiro atoms. The van der Waals surface area contributed by atoms with Crippen molar-refractivity contribution in [3.63, 3.8) is 0 Å². The van der Waals surface area contributed by atoms with E-state index in [1.54, 1.807) is 12.1 Å². The van der Waals surface area contributed by atoms with E-state index in [1.165, 1.54) is 18.2 Å². The van der Waals surface area contributed by atoms with Crippen molar-refractivity contribution < 1.29 is 18.0 Å². The Morgan fingerprint density at radius 3 is 2.36 bits per heavy atom. The summed E-state index contributed by atoms with van der Waals surface area (Å²) >= 11 is 0. The number of rotatable bonds is 6. The lowest BCUT2D eigenvalue weighted by molar-refractivity contribution is -0.116. The lowest BCUT2D eigenvalue weighted by Gasteiger charge is -2.07. The van der Waals surface area contributed by atoms with Gasteiger partial charge in [0.15, 0.2) is 11.6 Å². The number of benzene rings is 2. The highest BCUT2D eigenvalue weighted by Crippen LogP contribution is 2.13. The third-order valence-corrected chi connectivity index (χ3v) is 2.97. The second-order valence-electron chi connectivity index (χ2n) is 4.73. The Labute approximate surface area is 126 Å². The quantitative estimate of drug-likeness (QED) is 0.805. The largest absolute Gasteiger partial charge is 0.326 e. The molecule has 0 unspecified atom stereocenters. The molecule has 0 heterocycles. The minimum absolute atomic E-state index is 0.181. The van der Waals surface area contributed by atoms with E-state index in [0.29, 0.717) is 13.1 Å². The summed E-state index contributed by atoms with van der Waals surface area (Å²) in [5.41, 5.74) is 1.12. The first-order chi connectivity index (χ1) is 10.5. The van der Waals surface area contributed by atoms with Crippen LogP contribution in [0.15, 0.2) is 42.5 Å². The Hall–Kier alpha value is -2.34. The minimum Gasteiger partial charge on any atom is -0.326 e. The number of halogens is 3. The number of nitrogens with one attached hydrogen (secondary N) is 2. The van der Waals surface area contributed by atoms with Gasteiger partial charge < -0.3 is 10.6 Å². The summed E-state index contributed by atoms with van der Waals surface area (Å²) in [5, 5.41) is 5.52. The van der Waals surface area contributed by atoms with Gasteiger partial charge in [0.2, 0.25) is 5.91 Å². The molecule has 0 aliphatic carbocycles. The second kappa shape index (κ2) is 7.61. The molecule has 0 bridgehead atoms. The first kappa shape index (κ1) is 16.0. The molecule has 0 aliphatic heterocycles. The number of hydrogen-bond donors (Lipinski definition) is 2. The normalized spacial score (nSPS) is 10.5. The SMILES string of the molecule is O=C(CCNCc1ccc(F)cc1)Nc1ccc(F)c(F)c1. The van der Waals surface area contributed by atoms with Crippen LogP contribution in [-0.2, 0) is 11.3 Å². The summed E-state index contributed by atoms with van der Waals surface area (Å²) in [6.07, 6.45) is 0.181. The molecule has 0 aromatic heterocycles. The zero-order valence-electron chi connectivity index (χ0n) is 11.7. The third-order valence-electron chi connectivity index (χ3n) is 2.97. The first-order valence-electron chi connectivity index (χ1n) is 6.74. The topological polar surface area (TPSA) is 41.1 Å². The molecule has 116 valence electrons. The van der Waals surface area contributed by atoms with Crippen molar-refractivity contribution in [2.24, 2.45) is 0 Å². The van der Waals surface area contributed by atoms with Crippen molar-refractivity contribution in [3.8, 4) is 0 Å². The highest BCUT2D eigenvalue weighted by molar-refractivity contribution is 5.90. The molecule has 2 N–H and O–H groups in total. The van der Waals surface area contributed by atoms with Gasteiger partial charge in [-0.05, 0) is 29.8 Å². The van der Waals surface area contributed by atoms with Gasteiger partial charge in [-0.25, -0.2) is 13.2 Å². The summed E-state index contributed by atoms with van der Waals surface area (Å²) in [6.45, 7) is 0.922. The lowest BCUT2D eigenvalue weighted by atomic mass is 10.2. The molecule has 0 saturated carbocycles. The fraction of sp³-hybridized carbons (Fsp3) is 0.188. The number of amides is 1. The first-order valence-corrected chi connectivity index (χ1v) is 6.74. The average molecular weight is 308 g/mol. The second-order valence-corrected chi connectivity index (χ2v) is 4.73. The summed E-state index contributed by atoms with van der Waals surface area (Å²) in [4.78, 5) is 11.6. The maximum atomic E-state index is 13.0. The molecule has 2 aromatic carbocycles. The van der Waals surface area contributed by atoms with Gasteiger partial charge in [-0.2, -0.15) is 0 Å². The average Bonchev–Trinajstić information content (AvgIpc) is 2.49. The van der Waals surface area contributed by atoms with E-state index in [4.69, 9.17) is 0 Å². The predicted octanol–water partition coefficient (Wildman–Crippen LogP) is 3.22. The van der Waals surface area contributed by atoms with E-state index in [0.717, 1.165) is 17.7 Å². The summed E-state index contributed by atoms with van der Waals surface area (Å²) < 4.78 is 38.5. The molecule has 2 aromatic rings. The zero-order valence-corrected chi connectivity index (χ0v) is 11.7. The van der Waals surface area contributed by atoms with Gasteiger partial charge in [-0.15, -0.1) is 0 Å². The maximum Gasteiger partial charge on any atom is 0.225 e. The van der Waals surface area contributed by atoms with Gasteiger partial charge >= 0.3 is 0 Å². The number of carbonyl (C=O) groups is 1. The van der Waals surface area contributed by atoms with Crippen molar-refractivity contribution in [1.82, 2.24) is 5.32 Å². The summed E-state index contributed by atoms with van der Waals surface area (Å²) in [7, 11) is 0. The standard InChI is InChI=1S/C16H15F3N2O/c17-12-3-1-11(2-4-12)10-20-8-7-16(22)21-13-5-6-14(18)15(19)9-13/h1-6,9,20H,7-8,10H2,(H,21,22). The Bertz CT molecular complexity index is 644. The Kier molecular flexibility index (Phi) is 5.55. The van der Waals surface area contributed by atoms with Crippen LogP contribution in [0, 0.1) is 17.5 Å². The van der Waals surface area contributed by atoms with Crippen molar-refractivity contribution in [3.05, 3.63) is 65.5 Å². The van der Waals surface area contributed by atoms with Crippen molar-refractivity contribution in [1.29, 1.82) is 0 Å². The zero-order chi connectivity index (χ0) is 15.9. The fourth-order valence-electron chi connectivity index (χ4n) is 1.83. The Morgan fingerprint density at radius 2 is 1.68 bits per heavy atom. The highest BCUT2D eigenvalue weighted by Gasteiger charge is 2.06. The minimum atomic E-state index is -1.01. The van der Waals surface area contributed by atoms with Crippen LogP contribution in [0.25, 0.3) is 0 Å². The van der Waals surface area contributed by atoms with Crippen molar-refractivity contribution in [2.45, 2.75) is 13.0 Å². The van der Waals surface area contributed by atoms with E-state index >= 15 is 0 Å².